The average Bonchev–Trinajstić information content (AvgIpc) is 3.09. The van der Waals surface area contributed by atoms with E-state index in [1.165, 1.54) is 26.2 Å². The molecule has 0 saturated carbocycles. The van der Waals surface area contributed by atoms with Crippen molar-refractivity contribution in [3.63, 3.8) is 0 Å². The van der Waals surface area contributed by atoms with Gasteiger partial charge in [0.15, 0.2) is 0 Å². The molecule has 1 heterocycles. The lowest BCUT2D eigenvalue weighted by Crippen LogP contribution is -2.22. The Morgan fingerprint density at radius 3 is 2.47 bits per heavy atom. The van der Waals surface area contributed by atoms with Gasteiger partial charge in [-0.05, 0) is 49.4 Å². The minimum Gasteiger partial charge on any atom is -0.328 e. The molecule has 1 N–H and O–H groups in total. The molecule has 0 bridgehead atoms. The summed E-state index contributed by atoms with van der Waals surface area (Å²) in [5.41, 5.74) is 1.88. The molecule has 0 saturated heterocycles. The number of nitrogens with zero attached hydrogens (tertiary/aromatic N) is 3. The van der Waals surface area contributed by atoms with E-state index in [1.807, 2.05) is 11.5 Å². The Balaban J connectivity index is 1.72. The molecule has 1 amide bonds. The van der Waals surface area contributed by atoms with E-state index < -0.39 is 15.8 Å². The number of aryl methyl sites for hydroxylation is 2. The molecule has 0 unspecified atom stereocenters. The van der Waals surface area contributed by atoms with Crippen LogP contribution in [0.25, 0.3) is 11.0 Å². The van der Waals surface area contributed by atoms with E-state index in [9.17, 15) is 22.0 Å². The van der Waals surface area contributed by atoms with E-state index in [1.54, 1.807) is 30.3 Å². The number of fused-ring (bicyclic) bond motifs is 1. The number of alkyl halides is 2. The fraction of sp³-hybridized carbons (Fsp3) is 0.333. The Labute approximate surface area is 189 Å². The van der Waals surface area contributed by atoms with Crippen LogP contribution in [0.3, 0.4) is 0 Å². The highest BCUT2D eigenvalue weighted by Gasteiger charge is 2.19. The first-order valence-corrected chi connectivity index (χ1v) is 12.2. The van der Waals surface area contributed by atoms with Crippen LogP contribution >= 0.6 is 11.8 Å². The number of nitrogens with one attached hydrogen (secondary N) is 1. The van der Waals surface area contributed by atoms with Gasteiger partial charge in [0.1, 0.15) is 5.82 Å². The van der Waals surface area contributed by atoms with Crippen molar-refractivity contribution in [1.29, 1.82) is 0 Å². The molecule has 2 aromatic carbocycles. The van der Waals surface area contributed by atoms with Gasteiger partial charge in [-0.1, -0.05) is 11.8 Å². The smallest absolute Gasteiger partial charge is 0.288 e. The number of carbonyl (C=O) groups excluding carboxylic acids is 1. The number of anilines is 1. The van der Waals surface area contributed by atoms with Crippen LogP contribution in [0.1, 0.15) is 19.2 Å². The molecule has 1 aromatic heterocycles. The molecule has 0 atom stereocenters. The molecule has 7 nitrogen and oxygen atoms in total. The summed E-state index contributed by atoms with van der Waals surface area (Å²) in [6.45, 7) is 2.57. The van der Waals surface area contributed by atoms with Crippen LogP contribution in [-0.4, -0.2) is 48.0 Å². The van der Waals surface area contributed by atoms with Crippen molar-refractivity contribution in [1.82, 2.24) is 13.9 Å². The predicted octanol–water partition coefficient (Wildman–Crippen LogP) is 4.19. The lowest BCUT2D eigenvalue weighted by atomic mass is 10.2. The van der Waals surface area contributed by atoms with Crippen molar-refractivity contribution in [3.8, 4) is 0 Å². The van der Waals surface area contributed by atoms with E-state index in [0.717, 1.165) is 9.82 Å². The maximum absolute atomic E-state index is 12.4. The number of imidazole rings is 1. The van der Waals surface area contributed by atoms with Crippen LogP contribution in [-0.2, 0) is 27.8 Å². The maximum Gasteiger partial charge on any atom is 0.288 e. The highest BCUT2D eigenvalue weighted by Crippen LogP contribution is 2.26. The number of benzene rings is 2. The van der Waals surface area contributed by atoms with Crippen LogP contribution in [0.4, 0.5) is 14.5 Å². The summed E-state index contributed by atoms with van der Waals surface area (Å²) in [6.07, 6.45) is 0.531. The third-order valence-electron chi connectivity index (χ3n) is 4.83. The predicted molar refractivity (Wildman–Crippen MR) is 122 cm³/mol. The second-order valence-corrected chi connectivity index (χ2v) is 10.4. The van der Waals surface area contributed by atoms with Crippen LogP contribution in [0.2, 0.25) is 0 Å². The van der Waals surface area contributed by atoms with Crippen LogP contribution in [0, 0.1) is 0 Å². The minimum atomic E-state index is -3.57. The summed E-state index contributed by atoms with van der Waals surface area (Å²) in [5, 5.41) is 2.75. The van der Waals surface area contributed by atoms with Crippen molar-refractivity contribution >= 4 is 44.4 Å². The van der Waals surface area contributed by atoms with Gasteiger partial charge >= 0.3 is 0 Å². The van der Waals surface area contributed by atoms with Gasteiger partial charge in [0, 0.05) is 44.1 Å². The summed E-state index contributed by atoms with van der Waals surface area (Å²) >= 11 is 0.446. The van der Waals surface area contributed by atoms with Gasteiger partial charge in [0.25, 0.3) is 5.76 Å². The van der Waals surface area contributed by atoms with Gasteiger partial charge in [-0.3, -0.25) is 4.79 Å². The molecule has 0 aliphatic rings. The van der Waals surface area contributed by atoms with Gasteiger partial charge in [0.05, 0.1) is 15.9 Å². The quantitative estimate of drug-likeness (QED) is 0.462. The third-order valence-corrected chi connectivity index (χ3v) is 7.37. The van der Waals surface area contributed by atoms with Crippen LogP contribution in [0.15, 0.2) is 52.3 Å². The van der Waals surface area contributed by atoms with E-state index in [4.69, 9.17) is 0 Å². The van der Waals surface area contributed by atoms with Gasteiger partial charge in [-0.15, -0.1) is 0 Å². The summed E-state index contributed by atoms with van der Waals surface area (Å²) in [7, 11) is -0.629. The molecular formula is C21H24F2N4O3S2. The summed E-state index contributed by atoms with van der Waals surface area (Å²) in [5.74, 6) is -2.04. The molecule has 3 rings (SSSR count). The zero-order valence-electron chi connectivity index (χ0n) is 17.9. The van der Waals surface area contributed by atoms with E-state index in [-0.39, 0.29) is 17.2 Å². The molecule has 0 radical (unpaired) electrons. The summed E-state index contributed by atoms with van der Waals surface area (Å²) in [4.78, 5) is 17.5. The Morgan fingerprint density at radius 1 is 1.19 bits per heavy atom. The number of thioether (sulfide) groups is 1. The fourth-order valence-electron chi connectivity index (χ4n) is 3.24. The molecule has 0 fully saturated rings. The average molecular weight is 483 g/mol. The lowest BCUT2D eigenvalue weighted by Gasteiger charge is -2.11. The number of amides is 1. The minimum absolute atomic E-state index is 0.161. The van der Waals surface area contributed by atoms with Gasteiger partial charge < -0.3 is 9.88 Å². The third kappa shape index (κ3) is 5.45. The standard InChI is InChI=1S/C21H24F2N4O3S2/c1-4-27-18-10-9-16(32(29,30)26(2)3)13-17(18)25-19(27)11-12-20(28)24-14-5-7-15(8-6-14)31-21(22)23/h5-10,13,21H,4,11-12H2,1-3H3,(H,24,28). The largest absolute Gasteiger partial charge is 0.328 e. The number of hydrogen-bond donors (Lipinski definition) is 1. The number of aromatic nitrogens is 2. The first-order valence-electron chi connectivity index (χ1n) is 9.88. The van der Waals surface area contributed by atoms with Crippen molar-refractivity contribution < 1.29 is 22.0 Å². The second kappa shape index (κ2) is 9.97. The molecular weight excluding hydrogens is 458 g/mol. The highest BCUT2D eigenvalue weighted by atomic mass is 32.2. The molecule has 172 valence electrons. The molecule has 0 aliphatic heterocycles. The SMILES string of the molecule is CCn1c(CCC(=O)Nc2ccc(SC(F)F)cc2)nc2cc(S(=O)(=O)N(C)C)ccc21. The maximum atomic E-state index is 12.4. The molecule has 0 aliphatic carbocycles. The molecule has 11 heteroatoms. The Morgan fingerprint density at radius 2 is 1.88 bits per heavy atom. The topological polar surface area (TPSA) is 84.3 Å². The van der Waals surface area contributed by atoms with Crippen molar-refractivity contribution in [2.24, 2.45) is 0 Å². The number of carbonyl (C=O) groups is 1. The number of rotatable bonds is 9. The number of hydrogen-bond acceptors (Lipinski definition) is 5. The van der Waals surface area contributed by atoms with Crippen LogP contribution < -0.4 is 5.32 Å². The van der Waals surface area contributed by atoms with E-state index >= 15 is 0 Å². The number of sulfonamides is 1. The van der Waals surface area contributed by atoms with Gasteiger partial charge in [0.2, 0.25) is 15.9 Å². The molecule has 32 heavy (non-hydrogen) atoms. The highest BCUT2D eigenvalue weighted by molar-refractivity contribution is 7.99. The molecule has 0 spiro atoms. The van der Waals surface area contributed by atoms with Crippen LogP contribution in [0.5, 0.6) is 0 Å². The zero-order chi connectivity index (χ0) is 23.5. The first kappa shape index (κ1) is 24.1. The molecule has 3 aromatic rings. The zero-order valence-corrected chi connectivity index (χ0v) is 19.5. The van der Waals surface area contributed by atoms with Crippen molar-refractivity contribution in [2.45, 2.75) is 41.9 Å². The second-order valence-electron chi connectivity index (χ2n) is 7.16. The van der Waals surface area contributed by atoms with Crippen molar-refractivity contribution in [3.05, 3.63) is 48.3 Å². The van der Waals surface area contributed by atoms with Gasteiger partial charge in [-0.2, -0.15) is 8.78 Å². The Bertz CT molecular complexity index is 1210. The van der Waals surface area contributed by atoms with E-state index in [0.29, 0.717) is 46.7 Å². The lowest BCUT2D eigenvalue weighted by molar-refractivity contribution is -0.116. The normalized spacial score (nSPS) is 12.1. The van der Waals surface area contributed by atoms with E-state index in [2.05, 4.69) is 10.3 Å². The van der Waals surface area contributed by atoms with Crippen molar-refractivity contribution in [2.75, 3.05) is 19.4 Å². The van der Waals surface area contributed by atoms with Gasteiger partial charge in [-0.25, -0.2) is 17.7 Å². The summed E-state index contributed by atoms with van der Waals surface area (Å²) in [6, 6.07) is 11.0. The summed E-state index contributed by atoms with van der Waals surface area (Å²) < 4.78 is 52.7. The first-order chi connectivity index (χ1) is 15.1. The fourth-order valence-corrected chi connectivity index (χ4v) is 4.66. The monoisotopic (exact) mass is 482 g/mol. The number of halogens is 2. The Kier molecular flexibility index (Phi) is 7.52. The Hall–Kier alpha value is -2.50.